The van der Waals surface area contributed by atoms with E-state index < -0.39 is 22.9 Å². The van der Waals surface area contributed by atoms with Gasteiger partial charge in [-0.3, -0.25) is 14.6 Å². The van der Waals surface area contributed by atoms with Crippen LogP contribution in [0.25, 0.3) is 0 Å². The number of fused-ring (bicyclic) bond motifs is 2. The Morgan fingerprint density at radius 3 is 2.83 bits per heavy atom. The Morgan fingerprint density at radius 2 is 2.17 bits per heavy atom. The minimum atomic E-state index is -1.55. The van der Waals surface area contributed by atoms with Crippen molar-refractivity contribution in [1.29, 1.82) is 0 Å². The van der Waals surface area contributed by atoms with Crippen LogP contribution in [0.1, 0.15) is 25.3 Å². The first-order valence-electron chi connectivity index (χ1n) is 7.67. The molecule has 24 heavy (non-hydrogen) atoms. The Kier molecular flexibility index (Phi) is 3.86. The molecule has 1 atom stereocenters. The van der Waals surface area contributed by atoms with E-state index in [1.807, 2.05) is 0 Å². The number of cyclic esters (lactones) is 1. The van der Waals surface area contributed by atoms with Gasteiger partial charge in [-0.05, 0) is 19.8 Å². The van der Waals surface area contributed by atoms with Crippen molar-refractivity contribution < 1.29 is 19.1 Å². The summed E-state index contributed by atoms with van der Waals surface area (Å²) in [5.41, 5.74) is -1.60. The molecule has 0 aliphatic carbocycles. The zero-order valence-electron chi connectivity index (χ0n) is 13.7. The van der Waals surface area contributed by atoms with Crippen molar-refractivity contribution in [3.8, 4) is 0 Å². The SMILES string of the molecule is CCOC(=O)C1=NN(C)c2cnn(C)c(=O)c2C12CCCOC2=O. The van der Waals surface area contributed by atoms with Gasteiger partial charge >= 0.3 is 11.9 Å². The van der Waals surface area contributed by atoms with Gasteiger partial charge in [0.05, 0.1) is 30.7 Å². The fraction of sp³-hybridized carbons (Fsp3) is 0.533. The highest BCUT2D eigenvalue weighted by Gasteiger charge is 2.57. The molecular weight excluding hydrogens is 316 g/mol. The summed E-state index contributed by atoms with van der Waals surface area (Å²) in [6.07, 6.45) is 2.22. The van der Waals surface area contributed by atoms with E-state index >= 15 is 0 Å². The minimum absolute atomic E-state index is 0.118. The molecule has 1 fully saturated rings. The second-order valence-electron chi connectivity index (χ2n) is 5.67. The molecule has 0 amide bonds. The summed E-state index contributed by atoms with van der Waals surface area (Å²) in [5.74, 6) is -1.38. The van der Waals surface area contributed by atoms with Gasteiger partial charge in [0.15, 0.2) is 11.1 Å². The summed E-state index contributed by atoms with van der Waals surface area (Å²) in [5, 5.41) is 9.57. The van der Waals surface area contributed by atoms with E-state index in [1.165, 1.54) is 18.3 Å². The van der Waals surface area contributed by atoms with Crippen molar-refractivity contribution >= 4 is 23.3 Å². The van der Waals surface area contributed by atoms with Crippen LogP contribution >= 0.6 is 0 Å². The van der Waals surface area contributed by atoms with Crippen LogP contribution in [0, 0.1) is 0 Å². The molecule has 9 nitrogen and oxygen atoms in total. The van der Waals surface area contributed by atoms with Crippen molar-refractivity contribution in [2.75, 3.05) is 25.3 Å². The quantitative estimate of drug-likeness (QED) is 0.685. The topological polar surface area (TPSA) is 103 Å². The highest BCUT2D eigenvalue weighted by molar-refractivity contribution is 6.45. The van der Waals surface area contributed by atoms with E-state index in [9.17, 15) is 14.4 Å². The summed E-state index contributed by atoms with van der Waals surface area (Å²) in [6, 6.07) is 0. The number of aromatic nitrogens is 2. The molecule has 1 spiro atoms. The zero-order chi connectivity index (χ0) is 17.5. The monoisotopic (exact) mass is 334 g/mol. The predicted octanol–water partition coefficient (Wildman–Crippen LogP) is -0.276. The molecule has 0 bridgehead atoms. The minimum Gasteiger partial charge on any atom is -0.465 e. The van der Waals surface area contributed by atoms with E-state index in [1.54, 1.807) is 14.0 Å². The van der Waals surface area contributed by atoms with Crippen LogP contribution in [-0.4, -0.2) is 47.7 Å². The normalized spacial score (nSPS) is 22.7. The largest absolute Gasteiger partial charge is 0.465 e. The molecule has 2 aliphatic rings. The molecule has 0 radical (unpaired) electrons. The van der Waals surface area contributed by atoms with Gasteiger partial charge in [-0.25, -0.2) is 9.48 Å². The van der Waals surface area contributed by atoms with Crippen molar-refractivity contribution in [1.82, 2.24) is 9.78 Å². The van der Waals surface area contributed by atoms with Crippen LogP contribution in [0.3, 0.4) is 0 Å². The molecule has 2 aliphatic heterocycles. The molecule has 0 saturated carbocycles. The molecule has 1 aromatic heterocycles. The first kappa shape index (κ1) is 16.2. The maximum atomic E-state index is 12.8. The summed E-state index contributed by atoms with van der Waals surface area (Å²) in [6.45, 7) is 2.04. The number of carbonyl (C=O) groups is 2. The molecule has 3 rings (SSSR count). The number of aryl methyl sites for hydroxylation is 1. The Labute approximate surface area is 137 Å². The second kappa shape index (κ2) is 5.73. The number of anilines is 1. The lowest BCUT2D eigenvalue weighted by Crippen LogP contribution is -2.57. The number of hydrogen-bond donors (Lipinski definition) is 0. The Morgan fingerprint density at radius 1 is 1.42 bits per heavy atom. The molecule has 9 heteroatoms. The summed E-state index contributed by atoms with van der Waals surface area (Å²) in [7, 11) is 3.07. The molecule has 3 heterocycles. The van der Waals surface area contributed by atoms with Gasteiger partial charge in [0.2, 0.25) is 0 Å². The number of carbonyl (C=O) groups excluding carboxylic acids is 2. The first-order valence-corrected chi connectivity index (χ1v) is 7.67. The lowest BCUT2D eigenvalue weighted by atomic mass is 9.70. The highest BCUT2D eigenvalue weighted by atomic mass is 16.5. The van der Waals surface area contributed by atoms with Crippen molar-refractivity contribution in [3.63, 3.8) is 0 Å². The van der Waals surface area contributed by atoms with Gasteiger partial charge in [-0.2, -0.15) is 10.2 Å². The van der Waals surface area contributed by atoms with Gasteiger partial charge in [-0.1, -0.05) is 0 Å². The van der Waals surface area contributed by atoms with Crippen LogP contribution in [0.2, 0.25) is 0 Å². The standard InChI is InChI=1S/C15H18N4O5/c1-4-23-13(21)11-15(6-5-7-24-14(15)22)10-9(18(2)17-11)8-16-19(3)12(10)20/h8H,4-7H2,1-3H3. The zero-order valence-corrected chi connectivity index (χ0v) is 13.7. The number of hydrogen-bond acceptors (Lipinski definition) is 8. The average Bonchev–Trinajstić information content (AvgIpc) is 2.56. The number of rotatable bonds is 2. The van der Waals surface area contributed by atoms with Gasteiger partial charge in [0.1, 0.15) is 0 Å². The maximum absolute atomic E-state index is 12.8. The van der Waals surface area contributed by atoms with Gasteiger partial charge in [0.25, 0.3) is 5.56 Å². The molecular formula is C15H18N4O5. The number of ether oxygens (including phenoxy) is 2. The fourth-order valence-electron chi connectivity index (χ4n) is 3.17. The molecule has 128 valence electrons. The van der Waals surface area contributed by atoms with Crippen LogP contribution in [0.15, 0.2) is 16.1 Å². The molecule has 1 aromatic rings. The summed E-state index contributed by atoms with van der Waals surface area (Å²) in [4.78, 5) is 37.9. The third-order valence-electron chi connectivity index (χ3n) is 4.29. The summed E-state index contributed by atoms with van der Waals surface area (Å²) < 4.78 is 11.4. The van der Waals surface area contributed by atoms with Crippen LogP contribution in [-0.2, 0) is 31.5 Å². The van der Waals surface area contributed by atoms with E-state index in [-0.39, 0.29) is 30.9 Å². The van der Waals surface area contributed by atoms with Crippen molar-refractivity contribution in [3.05, 3.63) is 22.1 Å². The number of hydrazone groups is 1. The molecule has 1 unspecified atom stereocenters. The molecule has 0 aromatic carbocycles. The number of esters is 2. The predicted molar refractivity (Wildman–Crippen MR) is 83.8 cm³/mol. The number of nitrogens with zero attached hydrogens (tertiary/aromatic N) is 4. The van der Waals surface area contributed by atoms with Gasteiger partial charge in [0, 0.05) is 14.1 Å². The van der Waals surface area contributed by atoms with Crippen molar-refractivity contribution in [2.24, 2.45) is 12.1 Å². The third kappa shape index (κ3) is 2.11. The average molecular weight is 334 g/mol. The van der Waals surface area contributed by atoms with Crippen molar-refractivity contribution in [2.45, 2.75) is 25.2 Å². The Balaban J connectivity index is 2.32. The summed E-state index contributed by atoms with van der Waals surface area (Å²) >= 11 is 0. The van der Waals surface area contributed by atoms with Gasteiger partial charge in [-0.15, -0.1) is 0 Å². The smallest absolute Gasteiger partial charge is 0.356 e. The maximum Gasteiger partial charge on any atom is 0.356 e. The highest BCUT2D eigenvalue weighted by Crippen LogP contribution is 2.41. The fourth-order valence-corrected chi connectivity index (χ4v) is 3.17. The van der Waals surface area contributed by atoms with E-state index in [0.717, 1.165) is 4.68 Å². The first-order chi connectivity index (χ1) is 11.4. The Hall–Kier alpha value is -2.71. The van der Waals surface area contributed by atoms with E-state index in [0.29, 0.717) is 12.1 Å². The third-order valence-corrected chi connectivity index (χ3v) is 4.29. The van der Waals surface area contributed by atoms with Crippen LogP contribution < -0.4 is 10.6 Å². The van der Waals surface area contributed by atoms with Crippen LogP contribution in [0.4, 0.5) is 5.69 Å². The molecule has 0 N–H and O–H groups in total. The lowest BCUT2D eigenvalue weighted by molar-refractivity contribution is -0.153. The Bertz CT molecular complexity index is 800. The second-order valence-corrected chi connectivity index (χ2v) is 5.67. The van der Waals surface area contributed by atoms with Gasteiger partial charge < -0.3 is 9.47 Å². The lowest BCUT2D eigenvalue weighted by Gasteiger charge is -2.39. The van der Waals surface area contributed by atoms with E-state index in [4.69, 9.17) is 9.47 Å². The van der Waals surface area contributed by atoms with E-state index in [2.05, 4.69) is 10.2 Å². The molecule has 1 saturated heterocycles. The van der Waals surface area contributed by atoms with Crippen LogP contribution in [0.5, 0.6) is 0 Å².